The fourth-order valence-electron chi connectivity index (χ4n) is 2.71. The topological polar surface area (TPSA) is 61.4 Å². The molecule has 24 heavy (non-hydrogen) atoms. The Hall–Kier alpha value is -2.47. The zero-order valence-corrected chi connectivity index (χ0v) is 14.2. The summed E-state index contributed by atoms with van der Waals surface area (Å²) in [6.45, 7) is 6.42. The third kappa shape index (κ3) is 3.89. The van der Waals surface area contributed by atoms with Gasteiger partial charge >= 0.3 is 0 Å². The first kappa shape index (κ1) is 16.4. The second-order valence-electron chi connectivity index (χ2n) is 6.16. The van der Waals surface area contributed by atoms with Gasteiger partial charge in [0, 0.05) is 32.7 Å². The summed E-state index contributed by atoms with van der Waals surface area (Å²) in [6, 6.07) is 8.01. The van der Waals surface area contributed by atoms with Crippen LogP contribution in [0, 0.1) is 6.92 Å². The molecule has 0 aliphatic carbocycles. The normalized spacial score (nSPS) is 15.3. The number of amides is 1. The molecule has 2 heterocycles. The van der Waals surface area contributed by atoms with Crippen molar-refractivity contribution in [2.45, 2.75) is 13.5 Å². The molecule has 6 heteroatoms. The highest BCUT2D eigenvalue weighted by Crippen LogP contribution is 2.12. The number of benzene rings is 1. The molecule has 1 amide bonds. The van der Waals surface area contributed by atoms with Crippen molar-refractivity contribution >= 4 is 11.7 Å². The Morgan fingerprint density at radius 1 is 1.12 bits per heavy atom. The number of aryl methyl sites for hydroxylation is 1. The number of hydrogen-bond acceptors (Lipinski definition) is 5. The SMILES string of the molecule is Cc1ccccc1CNC(=O)c1cnc(N2CCN(C)CC2)cn1. The minimum absolute atomic E-state index is 0.198. The van der Waals surface area contributed by atoms with Crippen molar-refractivity contribution in [3.8, 4) is 0 Å². The lowest BCUT2D eigenvalue weighted by molar-refractivity contribution is 0.0945. The van der Waals surface area contributed by atoms with Crippen LogP contribution in [0.3, 0.4) is 0 Å². The van der Waals surface area contributed by atoms with E-state index in [9.17, 15) is 4.79 Å². The van der Waals surface area contributed by atoms with Crippen molar-refractivity contribution in [2.24, 2.45) is 0 Å². The Balaban J connectivity index is 1.59. The van der Waals surface area contributed by atoms with Crippen LogP contribution in [0.1, 0.15) is 21.6 Å². The fraction of sp³-hybridized carbons (Fsp3) is 0.389. The molecule has 6 nitrogen and oxygen atoms in total. The molecule has 0 bridgehead atoms. The van der Waals surface area contributed by atoms with Gasteiger partial charge in [-0.15, -0.1) is 0 Å². The van der Waals surface area contributed by atoms with E-state index >= 15 is 0 Å². The highest BCUT2D eigenvalue weighted by molar-refractivity contribution is 5.92. The molecule has 1 aliphatic rings. The molecule has 1 aliphatic heterocycles. The molecular formula is C18H23N5O. The molecule has 1 aromatic carbocycles. The minimum Gasteiger partial charge on any atom is -0.353 e. The van der Waals surface area contributed by atoms with Crippen LogP contribution in [0.25, 0.3) is 0 Å². The maximum atomic E-state index is 12.2. The van der Waals surface area contributed by atoms with Crippen molar-refractivity contribution in [1.82, 2.24) is 20.2 Å². The zero-order chi connectivity index (χ0) is 16.9. The van der Waals surface area contributed by atoms with Gasteiger partial charge in [0.1, 0.15) is 11.5 Å². The second-order valence-corrected chi connectivity index (χ2v) is 6.16. The third-order valence-corrected chi connectivity index (χ3v) is 4.40. The smallest absolute Gasteiger partial charge is 0.271 e. The van der Waals surface area contributed by atoms with E-state index in [4.69, 9.17) is 0 Å². The number of rotatable bonds is 4. The Labute approximate surface area is 142 Å². The molecule has 0 spiro atoms. The Bertz CT molecular complexity index is 693. The van der Waals surface area contributed by atoms with Gasteiger partial charge in [0.2, 0.25) is 0 Å². The summed E-state index contributed by atoms with van der Waals surface area (Å²) in [5, 5.41) is 2.90. The van der Waals surface area contributed by atoms with Gasteiger partial charge in [-0.25, -0.2) is 9.97 Å². The van der Waals surface area contributed by atoms with Crippen molar-refractivity contribution in [1.29, 1.82) is 0 Å². The van der Waals surface area contributed by atoms with E-state index in [0.29, 0.717) is 12.2 Å². The average Bonchev–Trinajstić information content (AvgIpc) is 2.62. The summed E-state index contributed by atoms with van der Waals surface area (Å²) >= 11 is 0. The van der Waals surface area contributed by atoms with Gasteiger partial charge < -0.3 is 15.1 Å². The number of carbonyl (C=O) groups excluding carboxylic acids is 1. The number of anilines is 1. The van der Waals surface area contributed by atoms with Crippen LogP contribution in [0.5, 0.6) is 0 Å². The van der Waals surface area contributed by atoms with Crippen molar-refractivity contribution in [3.63, 3.8) is 0 Å². The van der Waals surface area contributed by atoms with E-state index in [1.54, 1.807) is 12.4 Å². The lowest BCUT2D eigenvalue weighted by Crippen LogP contribution is -2.44. The number of piperazine rings is 1. The number of hydrogen-bond donors (Lipinski definition) is 1. The van der Waals surface area contributed by atoms with E-state index in [0.717, 1.165) is 43.1 Å². The predicted octanol–water partition coefficient (Wildman–Crippen LogP) is 1.47. The van der Waals surface area contributed by atoms with E-state index in [2.05, 4.69) is 32.1 Å². The Kier molecular flexibility index (Phi) is 5.05. The Morgan fingerprint density at radius 3 is 2.54 bits per heavy atom. The van der Waals surface area contributed by atoms with Gasteiger partial charge in [0.05, 0.1) is 12.4 Å². The zero-order valence-electron chi connectivity index (χ0n) is 14.2. The summed E-state index contributed by atoms with van der Waals surface area (Å²) < 4.78 is 0. The third-order valence-electron chi connectivity index (χ3n) is 4.40. The molecule has 1 saturated heterocycles. The van der Waals surface area contributed by atoms with Crippen LogP contribution in [0.15, 0.2) is 36.7 Å². The molecule has 1 fully saturated rings. The average molecular weight is 325 g/mol. The molecule has 0 saturated carbocycles. The maximum Gasteiger partial charge on any atom is 0.271 e. The number of nitrogens with zero attached hydrogens (tertiary/aromatic N) is 4. The Morgan fingerprint density at radius 2 is 1.88 bits per heavy atom. The number of likely N-dealkylation sites (N-methyl/N-ethyl adjacent to an activating group) is 1. The molecule has 3 rings (SSSR count). The van der Waals surface area contributed by atoms with Crippen LogP contribution >= 0.6 is 0 Å². The standard InChI is InChI=1S/C18H23N5O/c1-14-5-3-4-6-15(14)11-21-18(24)16-12-20-17(13-19-16)23-9-7-22(2)8-10-23/h3-6,12-13H,7-11H2,1-2H3,(H,21,24). The first-order chi connectivity index (χ1) is 11.6. The van der Waals surface area contributed by atoms with E-state index < -0.39 is 0 Å². The minimum atomic E-state index is -0.198. The summed E-state index contributed by atoms with van der Waals surface area (Å²) in [7, 11) is 2.12. The van der Waals surface area contributed by atoms with Crippen LogP contribution in [-0.4, -0.2) is 54.0 Å². The van der Waals surface area contributed by atoms with E-state index in [1.165, 1.54) is 0 Å². The van der Waals surface area contributed by atoms with Gasteiger partial charge in [-0.05, 0) is 25.1 Å². The van der Waals surface area contributed by atoms with Gasteiger partial charge in [0.25, 0.3) is 5.91 Å². The maximum absolute atomic E-state index is 12.2. The van der Waals surface area contributed by atoms with Crippen LogP contribution < -0.4 is 10.2 Å². The number of carbonyl (C=O) groups is 1. The van der Waals surface area contributed by atoms with Crippen molar-refractivity contribution in [2.75, 3.05) is 38.1 Å². The molecule has 0 atom stereocenters. The molecule has 0 unspecified atom stereocenters. The summed E-state index contributed by atoms with van der Waals surface area (Å²) in [5.41, 5.74) is 2.61. The lowest BCUT2D eigenvalue weighted by atomic mass is 10.1. The van der Waals surface area contributed by atoms with Crippen molar-refractivity contribution < 1.29 is 4.79 Å². The highest BCUT2D eigenvalue weighted by Gasteiger charge is 2.16. The van der Waals surface area contributed by atoms with Gasteiger partial charge in [-0.1, -0.05) is 24.3 Å². The van der Waals surface area contributed by atoms with Crippen LogP contribution in [-0.2, 0) is 6.54 Å². The molecule has 1 aromatic heterocycles. The first-order valence-corrected chi connectivity index (χ1v) is 8.22. The molecule has 0 radical (unpaired) electrons. The van der Waals surface area contributed by atoms with Crippen LogP contribution in [0.4, 0.5) is 5.82 Å². The van der Waals surface area contributed by atoms with Gasteiger partial charge in [-0.2, -0.15) is 0 Å². The largest absolute Gasteiger partial charge is 0.353 e. The number of aromatic nitrogens is 2. The summed E-state index contributed by atoms with van der Waals surface area (Å²) in [5.74, 6) is 0.634. The number of nitrogens with one attached hydrogen (secondary N) is 1. The quantitative estimate of drug-likeness (QED) is 0.922. The van der Waals surface area contributed by atoms with E-state index in [1.807, 2.05) is 31.2 Å². The molecule has 2 aromatic rings. The molecular weight excluding hydrogens is 302 g/mol. The fourth-order valence-corrected chi connectivity index (χ4v) is 2.71. The summed E-state index contributed by atoms with van der Waals surface area (Å²) in [4.78, 5) is 25.4. The highest BCUT2D eigenvalue weighted by atomic mass is 16.1. The molecule has 126 valence electrons. The predicted molar refractivity (Wildman–Crippen MR) is 94.1 cm³/mol. The van der Waals surface area contributed by atoms with Crippen LogP contribution in [0.2, 0.25) is 0 Å². The monoisotopic (exact) mass is 325 g/mol. The second kappa shape index (κ2) is 7.40. The summed E-state index contributed by atoms with van der Waals surface area (Å²) in [6.07, 6.45) is 3.24. The van der Waals surface area contributed by atoms with Gasteiger partial charge in [-0.3, -0.25) is 4.79 Å². The van der Waals surface area contributed by atoms with Crippen molar-refractivity contribution in [3.05, 3.63) is 53.5 Å². The van der Waals surface area contributed by atoms with E-state index in [-0.39, 0.29) is 5.91 Å². The molecule has 1 N–H and O–H groups in total. The van der Waals surface area contributed by atoms with Gasteiger partial charge in [0.15, 0.2) is 0 Å². The lowest BCUT2D eigenvalue weighted by Gasteiger charge is -2.32. The first-order valence-electron chi connectivity index (χ1n) is 8.22.